The predicted molar refractivity (Wildman–Crippen MR) is 99.3 cm³/mol. The second-order valence-corrected chi connectivity index (χ2v) is 7.95. The Hall–Kier alpha value is -1.08. The van der Waals surface area contributed by atoms with Crippen molar-refractivity contribution in [2.75, 3.05) is 38.7 Å². The van der Waals surface area contributed by atoms with E-state index in [4.69, 9.17) is 0 Å². The summed E-state index contributed by atoms with van der Waals surface area (Å²) in [7, 11) is 4.10. The Morgan fingerprint density at radius 3 is 2.54 bits per heavy atom. The van der Waals surface area contributed by atoms with E-state index in [9.17, 15) is 4.79 Å². The quantitative estimate of drug-likeness (QED) is 0.671. The van der Waals surface area contributed by atoms with Crippen molar-refractivity contribution in [1.29, 1.82) is 0 Å². The lowest BCUT2D eigenvalue weighted by atomic mass is 9.95. The number of likely N-dealkylation sites (tertiary alicyclic amines) is 1. The third kappa shape index (κ3) is 4.96. The van der Waals surface area contributed by atoms with Crippen molar-refractivity contribution in [3.05, 3.63) is 11.6 Å². The van der Waals surface area contributed by atoms with Crippen molar-refractivity contribution >= 4 is 17.7 Å². The lowest BCUT2D eigenvalue weighted by molar-refractivity contribution is -0.131. The van der Waals surface area contributed by atoms with E-state index in [0.29, 0.717) is 18.2 Å². The zero-order valence-electron chi connectivity index (χ0n) is 15.5. The van der Waals surface area contributed by atoms with Crippen LogP contribution in [0.25, 0.3) is 0 Å². The summed E-state index contributed by atoms with van der Waals surface area (Å²) in [6.45, 7) is 7.69. The number of carbonyl (C=O) groups excluding carboxylic acids is 1. The van der Waals surface area contributed by atoms with Gasteiger partial charge in [-0.15, -0.1) is 10.2 Å². The molecule has 0 bridgehead atoms. The molecule has 1 aromatic rings. The van der Waals surface area contributed by atoms with Crippen LogP contribution < -0.4 is 0 Å². The average Bonchev–Trinajstić information content (AvgIpc) is 2.97. The van der Waals surface area contributed by atoms with E-state index >= 15 is 0 Å². The maximum Gasteiger partial charge on any atom is 0.223 e. The van der Waals surface area contributed by atoms with Gasteiger partial charge in [-0.2, -0.15) is 11.8 Å². The van der Waals surface area contributed by atoms with Gasteiger partial charge in [-0.1, -0.05) is 6.92 Å². The van der Waals surface area contributed by atoms with E-state index in [1.807, 2.05) is 16.7 Å². The van der Waals surface area contributed by atoms with Crippen LogP contribution in [0.3, 0.4) is 0 Å². The number of amides is 1. The minimum absolute atomic E-state index is 0.305. The Kier molecular flexibility index (Phi) is 7.55. The number of carbonyl (C=O) groups is 1. The van der Waals surface area contributed by atoms with E-state index < -0.39 is 0 Å². The van der Waals surface area contributed by atoms with Gasteiger partial charge in [0.1, 0.15) is 11.6 Å². The topological polar surface area (TPSA) is 54.3 Å². The van der Waals surface area contributed by atoms with Crippen LogP contribution in [0, 0.1) is 0 Å². The molecule has 0 radical (unpaired) electrons. The van der Waals surface area contributed by atoms with Crippen molar-refractivity contribution in [2.45, 2.75) is 52.1 Å². The Morgan fingerprint density at radius 1 is 1.25 bits per heavy atom. The van der Waals surface area contributed by atoms with Gasteiger partial charge >= 0.3 is 0 Å². The van der Waals surface area contributed by atoms with Crippen molar-refractivity contribution in [2.24, 2.45) is 0 Å². The molecule has 1 saturated heterocycles. The van der Waals surface area contributed by atoms with Crippen LogP contribution in [0.15, 0.2) is 0 Å². The minimum Gasteiger partial charge on any atom is -0.343 e. The van der Waals surface area contributed by atoms with Crippen LogP contribution in [-0.4, -0.2) is 69.2 Å². The van der Waals surface area contributed by atoms with Crippen molar-refractivity contribution < 1.29 is 4.79 Å². The molecule has 0 N–H and O–H groups in total. The standard InChI is InChI=1S/C17H31N5OS/c1-5-22-15(13-20(3)4)18-19-17(22)14-7-10-21(11-8-14)16(23)9-12-24-6-2/h14H,5-13H2,1-4H3. The fourth-order valence-electron chi connectivity index (χ4n) is 3.24. The molecule has 0 atom stereocenters. The molecule has 7 heteroatoms. The highest BCUT2D eigenvalue weighted by atomic mass is 32.2. The van der Waals surface area contributed by atoms with Crippen LogP contribution in [0.2, 0.25) is 0 Å². The molecule has 6 nitrogen and oxygen atoms in total. The van der Waals surface area contributed by atoms with Crippen molar-refractivity contribution in [3.8, 4) is 0 Å². The first-order valence-electron chi connectivity index (χ1n) is 8.99. The number of rotatable bonds is 8. The summed E-state index contributed by atoms with van der Waals surface area (Å²) in [6.07, 6.45) is 2.65. The van der Waals surface area contributed by atoms with Crippen molar-refractivity contribution in [1.82, 2.24) is 24.6 Å². The molecular weight excluding hydrogens is 322 g/mol. The van der Waals surface area contributed by atoms with Crippen LogP contribution in [-0.2, 0) is 17.9 Å². The zero-order chi connectivity index (χ0) is 17.5. The lowest BCUT2D eigenvalue weighted by Crippen LogP contribution is -2.38. The SMILES string of the molecule is CCSCCC(=O)N1CCC(c2nnc(CN(C)C)n2CC)CC1. The lowest BCUT2D eigenvalue weighted by Gasteiger charge is -2.31. The van der Waals surface area contributed by atoms with Crippen LogP contribution in [0.5, 0.6) is 0 Å². The molecule has 2 rings (SSSR count). The van der Waals surface area contributed by atoms with Crippen molar-refractivity contribution in [3.63, 3.8) is 0 Å². The summed E-state index contributed by atoms with van der Waals surface area (Å²) in [5.41, 5.74) is 0. The van der Waals surface area contributed by atoms with Gasteiger partial charge in [0, 0.05) is 37.7 Å². The Balaban J connectivity index is 1.92. The van der Waals surface area contributed by atoms with Gasteiger partial charge in [-0.3, -0.25) is 4.79 Å². The number of nitrogens with zero attached hydrogens (tertiary/aromatic N) is 5. The molecule has 1 aliphatic heterocycles. The molecule has 0 aromatic carbocycles. The van der Waals surface area contributed by atoms with E-state index in [0.717, 1.165) is 62.2 Å². The second kappa shape index (κ2) is 9.42. The molecule has 24 heavy (non-hydrogen) atoms. The maximum atomic E-state index is 12.2. The molecule has 136 valence electrons. The number of piperidine rings is 1. The van der Waals surface area contributed by atoms with E-state index in [-0.39, 0.29) is 0 Å². The molecular formula is C17H31N5OS. The van der Waals surface area contributed by atoms with Gasteiger partial charge in [0.15, 0.2) is 0 Å². The van der Waals surface area contributed by atoms with Gasteiger partial charge in [0.05, 0.1) is 6.54 Å². The second-order valence-electron chi connectivity index (χ2n) is 6.56. The van der Waals surface area contributed by atoms with Gasteiger partial charge in [-0.25, -0.2) is 0 Å². The maximum absolute atomic E-state index is 12.2. The van der Waals surface area contributed by atoms with E-state index in [1.54, 1.807) is 0 Å². The summed E-state index contributed by atoms with van der Waals surface area (Å²) >= 11 is 1.84. The first-order valence-corrected chi connectivity index (χ1v) is 10.1. The number of aromatic nitrogens is 3. The predicted octanol–water partition coefficient (Wildman–Crippen LogP) is 2.21. The van der Waals surface area contributed by atoms with E-state index in [1.165, 1.54) is 0 Å². The number of hydrogen-bond acceptors (Lipinski definition) is 5. The monoisotopic (exact) mass is 353 g/mol. The smallest absolute Gasteiger partial charge is 0.223 e. The third-order valence-corrected chi connectivity index (χ3v) is 5.41. The third-order valence-electron chi connectivity index (χ3n) is 4.51. The normalized spacial score (nSPS) is 16.1. The molecule has 1 aliphatic rings. The summed E-state index contributed by atoms with van der Waals surface area (Å²) in [5.74, 6) is 4.88. The highest BCUT2D eigenvalue weighted by Crippen LogP contribution is 2.28. The Morgan fingerprint density at radius 2 is 1.96 bits per heavy atom. The van der Waals surface area contributed by atoms with Gasteiger partial charge in [0.2, 0.25) is 5.91 Å². The first-order chi connectivity index (χ1) is 11.6. The Bertz CT molecular complexity index is 523. The highest BCUT2D eigenvalue weighted by Gasteiger charge is 2.27. The molecule has 0 aliphatic carbocycles. The van der Waals surface area contributed by atoms with Crippen LogP contribution >= 0.6 is 11.8 Å². The van der Waals surface area contributed by atoms with Gasteiger partial charge < -0.3 is 14.4 Å². The molecule has 0 spiro atoms. The molecule has 0 saturated carbocycles. The average molecular weight is 354 g/mol. The number of hydrogen-bond donors (Lipinski definition) is 0. The fraction of sp³-hybridized carbons (Fsp3) is 0.824. The molecule has 0 unspecified atom stereocenters. The minimum atomic E-state index is 0.305. The largest absolute Gasteiger partial charge is 0.343 e. The summed E-state index contributed by atoms with van der Waals surface area (Å²) in [6, 6.07) is 0. The van der Waals surface area contributed by atoms with Crippen LogP contribution in [0.4, 0.5) is 0 Å². The van der Waals surface area contributed by atoms with Gasteiger partial charge in [-0.05, 0) is 39.6 Å². The van der Waals surface area contributed by atoms with Crippen LogP contribution in [0.1, 0.15) is 50.7 Å². The number of thioether (sulfide) groups is 1. The van der Waals surface area contributed by atoms with Gasteiger partial charge in [0.25, 0.3) is 0 Å². The summed E-state index contributed by atoms with van der Waals surface area (Å²) in [4.78, 5) is 16.4. The van der Waals surface area contributed by atoms with E-state index in [2.05, 4.69) is 47.6 Å². The zero-order valence-corrected chi connectivity index (χ0v) is 16.3. The molecule has 1 amide bonds. The molecule has 1 aromatic heterocycles. The fourth-order valence-corrected chi connectivity index (χ4v) is 3.85. The Labute approximate surface area is 150 Å². The summed E-state index contributed by atoms with van der Waals surface area (Å²) < 4.78 is 2.25. The first kappa shape index (κ1) is 19.2. The highest BCUT2D eigenvalue weighted by molar-refractivity contribution is 7.99. The summed E-state index contributed by atoms with van der Waals surface area (Å²) in [5, 5.41) is 8.87. The molecule has 2 heterocycles. The molecule has 1 fully saturated rings.